The van der Waals surface area contributed by atoms with Crippen molar-refractivity contribution in [3.05, 3.63) is 53.0 Å². The first-order valence-corrected chi connectivity index (χ1v) is 6.73. The van der Waals surface area contributed by atoms with Gasteiger partial charge in [-0.15, -0.1) is 0 Å². The number of benzene rings is 1. The zero-order chi connectivity index (χ0) is 15.2. The van der Waals surface area contributed by atoms with Gasteiger partial charge in [0.05, 0.1) is 11.8 Å². The van der Waals surface area contributed by atoms with Crippen LogP contribution in [0.15, 0.2) is 34.9 Å². The minimum absolute atomic E-state index is 0.190. The lowest BCUT2D eigenvalue weighted by molar-refractivity contribution is 0.102. The third kappa shape index (κ3) is 3.53. The summed E-state index contributed by atoms with van der Waals surface area (Å²) in [5.74, 6) is 5.88. The number of aryl methyl sites for hydroxylation is 2. The Labute approximate surface area is 123 Å². The number of furan rings is 1. The van der Waals surface area contributed by atoms with Crippen LogP contribution in [-0.4, -0.2) is 17.6 Å². The molecule has 0 atom stereocenters. The molecule has 0 aliphatic carbocycles. The molecule has 0 aliphatic heterocycles. The van der Waals surface area contributed by atoms with Crippen LogP contribution in [-0.2, 0) is 6.42 Å². The number of amides is 1. The van der Waals surface area contributed by atoms with Gasteiger partial charge in [0, 0.05) is 17.7 Å². The maximum absolute atomic E-state index is 12.3. The van der Waals surface area contributed by atoms with Gasteiger partial charge in [-0.2, -0.15) is 0 Å². The van der Waals surface area contributed by atoms with Crippen molar-refractivity contribution in [2.45, 2.75) is 20.3 Å². The van der Waals surface area contributed by atoms with Crippen molar-refractivity contribution in [3.63, 3.8) is 0 Å². The Morgan fingerprint density at radius 1 is 1.38 bits per heavy atom. The van der Waals surface area contributed by atoms with Gasteiger partial charge in [0.1, 0.15) is 12.4 Å². The van der Waals surface area contributed by atoms with E-state index >= 15 is 0 Å². The summed E-state index contributed by atoms with van der Waals surface area (Å²) in [5, 5.41) is 11.6. The monoisotopic (exact) mass is 283 g/mol. The van der Waals surface area contributed by atoms with Crippen molar-refractivity contribution in [2.75, 3.05) is 11.9 Å². The summed E-state index contributed by atoms with van der Waals surface area (Å²) in [7, 11) is 0. The number of carbonyl (C=O) groups excluding carboxylic acids is 1. The van der Waals surface area contributed by atoms with Gasteiger partial charge in [-0.25, -0.2) is 0 Å². The zero-order valence-corrected chi connectivity index (χ0v) is 12.1. The van der Waals surface area contributed by atoms with E-state index in [1.54, 1.807) is 12.1 Å². The molecule has 4 heteroatoms. The summed E-state index contributed by atoms with van der Waals surface area (Å²) < 4.78 is 5.27. The quantitative estimate of drug-likeness (QED) is 0.851. The molecule has 0 saturated heterocycles. The van der Waals surface area contributed by atoms with E-state index in [4.69, 9.17) is 9.52 Å². The summed E-state index contributed by atoms with van der Waals surface area (Å²) in [6, 6.07) is 7.19. The van der Waals surface area contributed by atoms with Crippen LogP contribution in [0.1, 0.15) is 34.2 Å². The lowest BCUT2D eigenvalue weighted by Crippen LogP contribution is -2.13. The van der Waals surface area contributed by atoms with E-state index in [9.17, 15) is 4.79 Å². The Bertz CT molecular complexity index is 704. The van der Waals surface area contributed by atoms with Crippen LogP contribution < -0.4 is 5.32 Å². The number of aliphatic hydroxyl groups is 1. The van der Waals surface area contributed by atoms with Gasteiger partial charge in [-0.1, -0.05) is 24.8 Å². The van der Waals surface area contributed by atoms with Crippen LogP contribution in [0.25, 0.3) is 0 Å². The van der Waals surface area contributed by atoms with E-state index in [0.29, 0.717) is 23.4 Å². The van der Waals surface area contributed by atoms with E-state index in [-0.39, 0.29) is 12.5 Å². The normalized spacial score (nSPS) is 9.86. The first-order chi connectivity index (χ1) is 10.2. The smallest absolute Gasteiger partial charge is 0.259 e. The molecule has 1 heterocycles. The van der Waals surface area contributed by atoms with Crippen LogP contribution in [0.2, 0.25) is 0 Å². The molecule has 0 aliphatic rings. The first-order valence-electron chi connectivity index (χ1n) is 6.73. The molecule has 4 nitrogen and oxygen atoms in total. The average Bonchev–Trinajstić information content (AvgIpc) is 2.96. The molecule has 2 aromatic rings. The second-order valence-corrected chi connectivity index (χ2v) is 4.55. The summed E-state index contributed by atoms with van der Waals surface area (Å²) >= 11 is 0. The highest BCUT2D eigenvalue weighted by Gasteiger charge is 2.14. The zero-order valence-electron chi connectivity index (χ0n) is 12.1. The number of carbonyl (C=O) groups is 1. The van der Waals surface area contributed by atoms with Gasteiger partial charge in [-0.05, 0) is 30.7 Å². The number of hydrogen-bond acceptors (Lipinski definition) is 3. The molecular formula is C17H17NO3. The molecule has 2 rings (SSSR count). The summed E-state index contributed by atoms with van der Waals surface area (Å²) in [6.07, 6.45) is 2.18. The Kier molecular flexibility index (Phi) is 4.81. The number of rotatable bonds is 3. The topological polar surface area (TPSA) is 62.5 Å². The highest BCUT2D eigenvalue weighted by molar-refractivity contribution is 6.05. The van der Waals surface area contributed by atoms with Crippen molar-refractivity contribution >= 4 is 11.6 Å². The minimum Gasteiger partial charge on any atom is -0.469 e. The molecule has 0 radical (unpaired) electrons. The summed E-state index contributed by atoms with van der Waals surface area (Å²) in [6.45, 7) is 3.66. The van der Waals surface area contributed by atoms with Crippen LogP contribution >= 0.6 is 0 Å². The van der Waals surface area contributed by atoms with Crippen LogP contribution in [0.5, 0.6) is 0 Å². The highest BCUT2D eigenvalue weighted by atomic mass is 16.3. The van der Waals surface area contributed by atoms with E-state index in [2.05, 4.69) is 17.2 Å². The van der Waals surface area contributed by atoms with Crippen LogP contribution in [0, 0.1) is 18.8 Å². The van der Waals surface area contributed by atoms with Crippen LogP contribution in [0.3, 0.4) is 0 Å². The number of nitrogens with one attached hydrogen (secondary N) is 1. The van der Waals surface area contributed by atoms with Gasteiger partial charge < -0.3 is 14.8 Å². The minimum atomic E-state index is -0.198. The SMILES string of the molecule is CCc1occc1C(=O)Nc1cc(C#CCO)ccc1C. The van der Waals surface area contributed by atoms with Gasteiger partial charge in [0.15, 0.2) is 0 Å². The second-order valence-electron chi connectivity index (χ2n) is 4.55. The van der Waals surface area contributed by atoms with Crippen molar-refractivity contribution in [1.29, 1.82) is 0 Å². The molecular weight excluding hydrogens is 266 g/mol. The summed E-state index contributed by atoms with van der Waals surface area (Å²) in [5.41, 5.74) is 2.93. The molecule has 0 saturated carbocycles. The molecule has 108 valence electrons. The van der Waals surface area contributed by atoms with Crippen molar-refractivity contribution < 1.29 is 14.3 Å². The fraction of sp³-hybridized carbons (Fsp3) is 0.235. The standard InChI is InChI=1S/C17H17NO3/c1-3-16-14(8-10-21-16)17(20)18-15-11-13(5-4-9-19)7-6-12(15)2/h6-8,10-11,19H,3,9H2,1-2H3,(H,18,20). The Hall–Kier alpha value is -2.51. The summed E-state index contributed by atoms with van der Waals surface area (Å²) in [4.78, 5) is 12.3. The lowest BCUT2D eigenvalue weighted by atomic mass is 10.1. The Morgan fingerprint density at radius 3 is 2.90 bits per heavy atom. The Morgan fingerprint density at radius 2 is 2.19 bits per heavy atom. The average molecular weight is 283 g/mol. The highest BCUT2D eigenvalue weighted by Crippen LogP contribution is 2.19. The number of hydrogen-bond donors (Lipinski definition) is 2. The van der Waals surface area contributed by atoms with Gasteiger partial charge in [0.2, 0.25) is 0 Å². The third-order valence-corrected chi connectivity index (χ3v) is 3.11. The molecule has 1 amide bonds. The molecule has 2 N–H and O–H groups in total. The molecule has 0 spiro atoms. The van der Waals surface area contributed by atoms with Crippen molar-refractivity contribution in [1.82, 2.24) is 0 Å². The number of aliphatic hydroxyl groups excluding tert-OH is 1. The van der Waals surface area contributed by atoms with E-state index in [1.165, 1.54) is 6.26 Å². The first kappa shape index (κ1) is 14.9. The van der Waals surface area contributed by atoms with Crippen molar-refractivity contribution in [3.8, 4) is 11.8 Å². The molecule has 0 unspecified atom stereocenters. The van der Waals surface area contributed by atoms with E-state index < -0.39 is 0 Å². The largest absolute Gasteiger partial charge is 0.469 e. The van der Waals surface area contributed by atoms with Gasteiger partial charge >= 0.3 is 0 Å². The molecule has 21 heavy (non-hydrogen) atoms. The fourth-order valence-electron chi connectivity index (χ4n) is 1.98. The molecule has 0 fully saturated rings. The van der Waals surface area contributed by atoms with Crippen LogP contribution in [0.4, 0.5) is 5.69 Å². The maximum atomic E-state index is 12.3. The lowest BCUT2D eigenvalue weighted by Gasteiger charge is -2.08. The molecule has 1 aromatic carbocycles. The van der Waals surface area contributed by atoms with Gasteiger partial charge in [-0.3, -0.25) is 4.79 Å². The third-order valence-electron chi connectivity index (χ3n) is 3.11. The number of anilines is 1. The fourth-order valence-corrected chi connectivity index (χ4v) is 1.98. The van der Waals surface area contributed by atoms with E-state index in [0.717, 1.165) is 11.1 Å². The second kappa shape index (κ2) is 6.78. The Balaban J connectivity index is 2.24. The maximum Gasteiger partial charge on any atom is 0.259 e. The molecule has 0 bridgehead atoms. The molecule has 1 aromatic heterocycles. The predicted molar refractivity (Wildman–Crippen MR) is 81.2 cm³/mol. The van der Waals surface area contributed by atoms with Crippen molar-refractivity contribution in [2.24, 2.45) is 0 Å². The predicted octanol–water partition coefficient (Wildman–Crippen LogP) is 2.75. The van der Waals surface area contributed by atoms with Gasteiger partial charge in [0.25, 0.3) is 5.91 Å². The van der Waals surface area contributed by atoms with E-state index in [1.807, 2.05) is 26.0 Å².